The van der Waals surface area contributed by atoms with Crippen molar-refractivity contribution >= 4 is 22.3 Å². The molecule has 0 radical (unpaired) electrons. The first-order valence-corrected chi connectivity index (χ1v) is 9.30. The Bertz CT molecular complexity index is 826. The molecule has 0 unspecified atom stereocenters. The van der Waals surface area contributed by atoms with Gasteiger partial charge < -0.3 is 5.11 Å². The highest BCUT2D eigenvalue weighted by atomic mass is 32.1. The van der Waals surface area contributed by atoms with Crippen molar-refractivity contribution in [3.8, 4) is 11.3 Å². The highest BCUT2D eigenvalue weighted by molar-refractivity contribution is 7.17. The number of hydrogen-bond donors (Lipinski definition) is 1. The van der Waals surface area contributed by atoms with Crippen LogP contribution in [0.1, 0.15) is 48.5 Å². The third kappa shape index (κ3) is 3.08. The molecule has 1 fully saturated rings. The second kappa shape index (κ2) is 6.40. The number of aliphatic carboxylic acids is 1. The Balaban J connectivity index is 1.55. The van der Waals surface area contributed by atoms with Gasteiger partial charge in [-0.3, -0.25) is 9.20 Å². The van der Waals surface area contributed by atoms with Gasteiger partial charge in [0.25, 0.3) is 0 Å². The molecule has 0 amide bonds. The lowest BCUT2D eigenvalue weighted by Crippen LogP contribution is -2.04. The molecule has 24 heavy (non-hydrogen) atoms. The molecule has 1 saturated carbocycles. The topological polar surface area (TPSA) is 54.6 Å². The van der Waals surface area contributed by atoms with Gasteiger partial charge in [0.15, 0.2) is 4.96 Å². The van der Waals surface area contributed by atoms with Crippen LogP contribution in [0.5, 0.6) is 0 Å². The number of carboxylic acid groups (broad SMARTS) is 1. The minimum atomic E-state index is -0.807. The van der Waals surface area contributed by atoms with Gasteiger partial charge in [0.2, 0.25) is 0 Å². The van der Waals surface area contributed by atoms with Crippen LogP contribution in [0.25, 0.3) is 16.2 Å². The zero-order valence-corrected chi connectivity index (χ0v) is 14.3. The molecular weight excluding hydrogens is 320 g/mol. The Morgan fingerprint density at radius 3 is 2.58 bits per heavy atom. The van der Waals surface area contributed by atoms with E-state index in [-0.39, 0.29) is 6.42 Å². The lowest BCUT2D eigenvalue weighted by Gasteiger charge is -2.21. The number of nitrogens with zero attached hydrogens (tertiary/aromatic N) is 2. The highest BCUT2D eigenvalue weighted by Gasteiger charge is 2.16. The molecule has 0 spiro atoms. The smallest absolute Gasteiger partial charge is 0.308 e. The van der Waals surface area contributed by atoms with Crippen molar-refractivity contribution < 1.29 is 9.90 Å². The SMILES string of the molecule is O=C(O)Cc1cn2cc(-c3ccc(C4CCCCC4)cc3)nc2s1. The predicted molar refractivity (Wildman–Crippen MR) is 95.7 cm³/mol. The van der Waals surface area contributed by atoms with Crippen molar-refractivity contribution in [2.24, 2.45) is 0 Å². The zero-order valence-electron chi connectivity index (χ0n) is 13.4. The summed E-state index contributed by atoms with van der Waals surface area (Å²) < 4.78 is 1.92. The summed E-state index contributed by atoms with van der Waals surface area (Å²) in [6, 6.07) is 8.81. The number of thiazole rings is 1. The molecule has 0 saturated heterocycles. The molecule has 0 atom stereocenters. The molecule has 0 bridgehead atoms. The van der Waals surface area contributed by atoms with Crippen molar-refractivity contribution in [2.75, 3.05) is 0 Å². The number of imidazole rings is 1. The van der Waals surface area contributed by atoms with Crippen LogP contribution in [0.2, 0.25) is 0 Å². The standard InChI is InChI=1S/C19H20N2O2S/c22-18(23)10-16-11-21-12-17(20-19(21)24-16)15-8-6-14(7-9-15)13-4-2-1-3-5-13/h6-9,11-13H,1-5,10H2,(H,22,23). The maximum absolute atomic E-state index is 10.8. The fourth-order valence-electron chi connectivity index (χ4n) is 3.58. The fourth-order valence-corrected chi connectivity index (χ4v) is 4.53. The molecule has 2 aromatic heterocycles. The van der Waals surface area contributed by atoms with Gasteiger partial charge in [-0.25, -0.2) is 4.98 Å². The molecule has 1 aromatic carbocycles. The van der Waals surface area contributed by atoms with Crippen molar-refractivity contribution in [3.63, 3.8) is 0 Å². The quantitative estimate of drug-likeness (QED) is 0.746. The minimum absolute atomic E-state index is 0.0550. The van der Waals surface area contributed by atoms with Crippen molar-refractivity contribution in [1.82, 2.24) is 9.38 Å². The van der Waals surface area contributed by atoms with E-state index in [0.717, 1.165) is 27.0 Å². The minimum Gasteiger partial charge on any atom is -0.481 e. The fraction of sp³-hybridized carbons (Fsp3) is 0.368. The second-order valence-electron chi connectivity index (χ2n) is 6.54. The Kier molecular flexibility index (Phi) is 4.10. The van der Waals surface area contributed by atoms with Crippen LogP contribution in [0.3, 0.4) is 0 Å². The van der Waals surface area contributed by atoms with E-state index in [1.807, 2.05) is 16.8 Å². The first-order valence-electron chi connectivity index (χ1n) is 8.48. The Morgan fingerprint density at radius 2 is 1.92 bits per heavy atom. The van der Waals surface area contributed by atoms with Crippen molar-refractivity contribution in [3.05, 3.63) is 47.1 Å². The van der Waals surface area contributed by atoms with Crippen molar-refractivity contribution in [1.29, 1.82) is 0 Å². The van der Waals surface area contributed by atoms with Gasteiger partial charge in [0.05, 0.1) is 12.1 Å². The molecule has 0 aliphatic heterocycles. The van der Waals surface area contributed by atoms with Gasteiger partial charge in [-0.2, -0.15) is 0 Å². The Hall–Kier alpha value is -2.14. The zero-order chi connectivity index (χ0) is 16.5. The number of carboxylic acids is 1. The summed E-state index contributed by atoms with van der Waals surface area (Å²) in [4.78, 5) is 17.1. The summed E-state index contributed by atoms with van der Waals surface area (Å²) in [7, 11) is 0. The first-order chi connectivity index (χ1) is 11.7. The summed E-state index contributed by atoms with van der Waals surface area (Å²) in [5.41, 5.74) is 3.51. The van der Waals surface area contributed by atoms with Gasteiger partial charge >= 0.3 is 5.97 Å². The third-order valence-corrected chi connectivity index (χ3v) is 5.81. The molecule has 3 aromatic rings. The van der Waals surface area contributed by atoms with Crippen molar-refractivity contribution in [2.45, 2.75) is 44.4 Å². The Morgan fingerprint density at radius 1 is 1.17 bits per heavy atom. The van der Waals surface area contributed by atoms with Gasteiger partial charge in [0, 0.05) is 22.8 Å². The monoisotopic (exact) mass is 340 g/mol. The van der Waals surface area contributed by atoms with E-state index < -0.39 is 5.97 Å². The van der Waals surface area contributed by atoms with E-state index in [0.29, 0.717) is 0 Å². The normalized spacial score (nSPS) is 15.8. The molecule has 124 valence electrons. The predicted octanol–water partition coefficient (Wildman–Crippen LogP) is 4.74. The van der Waals surface area contributed by atoms with Crippen LogP contribution in [0.15, 0.2) is 36.7 Å². The number of hydrogen-bond acceptors (Lipinski definition) is 3. The number of benzene rings is 1. The number of fused-ring (bicyclic) bond motifs is 1. The Labute approximate surface area is 144 Å². The number of rotatable bonds is 4. The average molecular weight is 340 g/mol. The summed E-state index contributed by atoms with van der Waals surface area (Å²) in [5, 5.41) is 8.87. The molecular formula is C19H20N2O2S. The van der Waals surface area contributed by atoms with Crippen LogP contribution in [0, 0.1) is 0 Å². The third-order valence-electron chi connectivity index (χ3n) is 4.81. The van der Waals surface area contributed by atoms with Crippen LogP contribution in [-0.2, 0) is 11.2 Å². The molecule has 4 nitrogen and oxygen atoms in total. The molecule has 1 N–H and O–H groups in total. The maximum atomic E-state index is 10.8. The summed E-state index contributed by atoms with van der Waals surface area (Å²) >= 11 is 1.44. The second-order valence-corrected chi connectivity index (χ2v) is 7.63. The van der Waals surface area contributed by atoms with Gasteiger partial charge in [0.1, 0.15) is 0 Å². The van der Waals surface area contributed by atoms with Crippen LogP contribution in [-0.4, -0.2) is 20.5 Å². The lowest BCUT2D eigenvalue weighted by atomic mass is 9.84. The number of aromatic nitrogens is 2. The van der Waals surface area contributed by atoms with E-state index in [9.17, 15) is 4.79 Å². The van der Waals surface area contributed by atoms with E-state index in [2.05, 4.69) is 29.2 Å². The van der Waals surface area contributed by atoms with E-state index in [4.69, 9.17) is 5.11 Å². The first kappa shape index (κ1) is 15.4. The largest absolute Gasteiger partial charge is 0.481 e. The average Bonchev–Trinajstić information content (AvgIpc) is 3.13. The van der Waals surface area contributed by atoms with E-state index in [1.165, 1.54) is 49.0 Å². The highest BCUT2D eigenvalue weighted by Crippen LogP contribution is 2.33. The lowest BCUT2D eigenvalue weighted by molar-refractivity contribution is -0.136. The number of carbonyl (C=O) groups is 1. The molecule has 2 heterocycles. The van der Waals surface area contributed by atoms with Gasteiger partial charge in [-0.15, -0.1) is 11.3 Å². The molecule has 1 aliphatic carbocycles. The molecule has 4 rings (SSSR count). The summed E-state index contributed by atoms with van der Waals surface area (Å²) in [6.45, 7) is 0. The molecule has 1 aliphatic rings. The van der Waals surface area contributed by atoms with Crippen LogP contribution < -0.4 is 0 Å². The van der Waals surface area contributed by atoms with Crippen LogP contribution in [0.4, 0.5) is 0 Å². The summed E-state index contributed by atoms with van der Waals surface area (Å²) in [5.74, 6) is -0.0881. The molecule has 5 heteroatoms. The van der Waals surface area contributed by atoms with E-state index >= 15 is 0 Å². The van der Waals surface area contributed by atoms with Gasteiger partial charge in [-0.1, -0.05) is 43.5 Å². The van der Waals surface area contributed by atoms with Crippen LogP contribution >= 0.6 is 11.3 Å². The van der Waals surface area contributed by atoms with E-state index in [1.54, 1.807) is 0 Å². The maximum Gasteiger partial charge on any atom is 0.308 e. The summed E-state index contributed by atoms with van der Waals surface area (Å²) in [6.07, 6.45) is 10.6. The van der Waals surface area contributed by atoms with Gasteiger partial charge in [-0.05, 0) is 24.3 Å².